The van der Waals surface area contributed by atoms with Gasteiger partial charge in [-0.15, -0.1) is 0 Å². The smallest absolute Gasteiger partial charge is 0.321 e. The molecule has 0 aromatic rings. The van der Waals surface area contributed by atoms with E-state index in [4.69, 9.17) is 0 Å². The Morgan fingerprint density at radius 1 is 1.36 bits per heavy atom. The highest BCUT2D eigenvalue weighted by Gasteiger charge is 2.41. The highest BCUT2D eigenvalue weighted by atomic mass is 19.3. The molecule has 1 aliphatic rings. The molecule has 0 bridgehead atoms. The van der Waals surface area contributed by atoms with Crippen LogP contribution >= 0.6 is 0 Å². The quantitative estimate of drug-likeness (QED) is 0.623. The summed E-state index contributed by atoms with van der Waals surface area (Å²) in [5, 5.41) is 0. The van der Waals surface area contributed by atoms with Gasteiger partial charge in [-0.2, -0.15) is 8.78 Å². The largest absolute Gasteiger partial charge is 0.358 e. The summed E-state index contributed by atoms with van der Waals surface area (Å²) >= 11 is 0. The number of hydrogen-bond acceptors (Lipinski definition) is 1. The lowest BCUT2D eigenvalue weighted by atomic mass is 10.1. The van der Waals surface area contributed by atoms with Crippen molar-refractivity contribution in [3.05, 3.63) is 0 Å². The number of halogens is 2. The second kappa shape index (κ2) is 3.48. The number of rotatable bonds is 3. The first kappa shape index (κ1) is 8.91. The molecule has 1 rings (SSSR count). The molecule has 0 spiro atoms. The molecule has 0 amide bonds. The van der Waals surface area contributed by atoms with Crippen LogP contribution in [0, 0.1) is 5.92 Å². The van der Waals surface area contributed by atoms with E-state index in [1.54, 1.807) is 6.92 Å². The van der Waals surface area contributed by atoms with Crippen LogP contribution < -0.4 is 0 Å². The average molecular weight is 164 g/mol. The van der Waals surface area contributed by atoms with Crippen molar-refractivity contribution in [1.82, 2.24) is 0 Å². The molecule has 0 aromatic heterocycles. The molecule has 0 unspecified atom stereocenters. The average Bonchev–Trinajstić information content (AvgIpc) is 2.37. The summed E-state index contributed by atoms with van der Waals surface area (Å²) in [6, 6.07) is 0. The SMILES string of the molecule is CCOC(F)(F)C1CCCC1. The summed E-state index contributed by atoms with van der Waals surface area (Å²) in [5.41, 5.74) is 0. The molecule has 0 atom stereocenters. The third-order valence-corrected chi connectivity index (χ3v) is 2.17. The van der Waals surface area contributed by atoms with E-state index < -0.39 is 12.0 Å². The molecule has 1 fully saturated rings. The molecule has 0 saturated heterocycles. The Hall–Kier alpha value is -0.180. The molecule has 11 heavy (non-hydrogen) atoms. The van der Waals surface area contributed by atoms with Gasteiger partial charge in [0.15, 0.2) is 0 Å². The Bertz CT molecular complexity index is 119. The Labute approximate surface area is 65.7 Å². The van der Waals surface area contributed by atoms with E-state index in [0.29, 0.717) is 12.8 Å². The fraction of sp³-hybridized carbons (Fsp3) is 1.00. The van der Waals surface area contributed by atoms with Crippen LogP contribution in [0.15, 0.2) is 0 Å². The normalized spacial score (nSPS) is 21.0. The summed E-state index contributed by atoms with van der Waals surface area (Å²) in [4.78, 5) is 0. The number of alkyl halides is 2. The lowest BCUT2D eigenvalue weighted by molar-refractivity contribution is -0.267. The Kier molecular flexibility index (Phi) is 2.82. The van der Waals surface area contributed by atoms with Gasteiger partial charge < -0.3 is 4.74 Å². The van der Waals surface area contributed by atoms with Gasteiger partial charge in [0.2, 0.25) is 0 Å². The first-order chi connectivity index (χ1) is 5.17. The van der Waals surface area contributed by atoms with E-state index in [-0.39, 0.29) is 6.61 Å². The second-order valence-corrected chi connectivity index (χ2v) is 2.98. The lowest BCUT2D eigenvalue weighted by Crippen LogP contribution is -2.29. The minimum atomic E-state index is -2.87. The van der Waals surface area contributed by atoms with Crippen LogP contribution in [0.2, 0.25) is 0 Å². The van der Waals surface area contributed by atoms with Crippen molar-refractivity contribution in [2.24, 2.45) is 5.92 Å². The van der Waals surface area contributed by atoms with E-state index in [1.165, 1.54) is 0 Å². The zero-order valence-electron chi connectivity index (χ0n) is 6.78. The molecule has 1 aliphatic carbocycles. The van der Waals surface area contributed by atoms with E-state index >= 15 is 0 Å². The van der Waals surface area contributed by atoms with E-state index in [0.717, 1.165) is 12.8 Å². The molecule has 1 saturated carbocycles. The summed E-state index contributed by atoms with van der Waals surface area (Å²) in [6.07, 6.45) is 0.214. The van der Waals surface area contributed by atoms with Crippen LogP contribution in [-0.4, -0.2) is 12.7 Å². The third-order valence-electron chi connectivity index (χ3n) is 2.17. The van der Waals surface area contributed by atoms with Crippen LogP contribution in [0.3, 0.4) is 0 Å². The van der Waals surface area contributed by atoms with Crippen molar-refractivity contribution >= 4 is 0 Å². The van der Waals surface area contributed by atoms with Gasteiger partial charge in [-0.3, -0.25) is 0 Å². The standard InChI is InChI=1S/C8H14F2O/c1-2-11-8(9,10)7-5-3-4-6-7/h7H,2-6H2,1H3. The fourth-order valence-electron chi connectivity index (χ4n) is 1.57. The summed E-state index contributed by atoms with van der Waals surface area (Å²) in [6.45, 7) is 1.70. The van der Waals surface area contributed by atoms with E-state index in [9.17, 15) is 8.78 Å². The lowest BCUT2D eigenvalue weighted by Gasteiger charge is -2.21. The minimum Gasteiger partial charge on any atom is -0.321 e. The Balaban J connectivity index is 2.41. The van der Waals surface area contributed by atoms with E-state index in [1.807, 2.05) is 0 Å². The zero-order valence-corrected chi connectivity index (χ0v) is 6.78. The zero-order chi connectivity index (χ0) is 8.32. The molecule has 1 nitrogen and oxygen atoms in total. The summed E-state index contributed by atoms with van der Waals surface area (Å²) in [5.74, 6) is -0.526. The topological polar surface area (TPSA) is 9.23 Å². The van der Waals surface area contributed by atoms with Crippen molar-refractivity contribution in [1.29, 1.82) is 0 Å². The minimum absolute atomic E-state index is 0.101. The number of hydrogen-bond donors (Lipinski definition) is 0. The van der Waals surface area contributed by atoms with Gasteiger partial charge >= 0.3 is 6.11 Å². The monoisotopic (exact) mass is 164 g/mol. The molecule has 0 heterocycles. The Morgan fingerprint density at radius 2 is 1.91 bits per heavy atom. The predicted molar refractivity (Wildman–Crippen MR) is 38.5 cm³/mol. The Morgan fingerprint density at radius 3 is 2.36 bits per heavy atom. The molecule has 0 aromatic carbocycles. The molecule has 66 valence electrons. The van der Waals surface area contributed by atoms with Crippen LogP contribution in [0.5, 0.6) is 0 Å². The van der Waals surface area contributed by atoms with Crippen molar-refractivity contribution in [3.63, 3.8) is 0 Å². The van der Waals surface area contributed by atoms with Gasteiger partial charge in [0.05, 0.1) is 12.5 Å². The predicted octanol–water partition coefficient (Wildman–Crippen LogP) is 2.81. The fourth-order valence-corrected chi connectivity index (χ4v) is 1.57. The van der Waals surface area contributed by atoms with Crippen molar-refractivity contribution < 1.29 is 13.5 Å². The number of ether oxygens (including phenoxy) is 1. The molecule has 3 heteroatoms. The summed E-state index contributed by atoms with van der Waals surface area (Å²) in [7, 11) is 0. The van der Waals surface area contributed by atoms with Gasteiger partial charge in [-0.1, -0.05) is 12.8 Å². The van der Waals surface area contributed by atoms with Crippen LogP contribution in [0.1, 0.15) is 32.6 Å². The molecule has 0 aliphatic heterocycles. The van der Waals surface area contributed by atoms with E-state index in [2.05, 4.69) is 4.74 Å². The molecular formula is C8H14F2O. The maximum Gasteiger partial charge on any atom is 0.358 e. The van der Waals surface area contributed by atoms with Crippen molar-refractivity contribution in [3.8, 4) is 0 Å². The highest BCUT2D eigenvalue weighted by Crippen LogP contribution is 2.38. The molecule has 0 N–H and O–H groups in total. The van der Waals surface area contributed by atoms with Crippen molar-refractivity contribution in [2.45, 2.75) is 38.7 Å². The maximum absolute atomic E-state index is 12.9. The van der Waals surface area contributed by atoms with Crippen LogP contribution in [0.4, 0.5) is 8.78 Å². The first-order valence-corrected chi connectivity index (χ1v) is 4.18. The van der Waals surface area contributed by atoms with Gasteiger partial charge in [-0.05, 0) is 19.8 Å². The van der Waals surface area contributed by atoms with Crippen LogP contribution in [-0.2, 0) is 4.74 Å². The van der Waals surface area contributed by atoms with Gasteiger partial charge in [0.1, 0.15) is 0 Å². The first-order valence-electron chi connectivity index (χ1n) is 4.18. The second-order valence-electron chi connectivity index (χ2n) is 2.98. The van der Waals surface area contributed by atoms with Gasteiger partial charge in [0.25, 0.3) is 0 Å². The molecule has 0 radical (unpaired) electrons. The van der Waals surface area contributed by atoms with Gasteiger partial charge in [-0.25, -0.2) is 0 Å². The third kappa shape index (κ3) is 2.12. The molecular weight excluding hydrogens is 150 g/mol. The van der Waals surface area contributed by atoms with Crippen LogP contribution in [0.25, 0.3) is 0 Å². The highest BCUT2D eigenvalue weighted by molar-refractivity contribution is 4.74. The van der Waals surface area contributed by atoms with Crippen molar-refractivity contribution in [2.75, 3.05) is 6.61 Å². The van der Waals surface area contributed by atoms with Gasteiger partial charge in [0, 0.05) is 0 Å². The maximum atomic E-state index is 12.9. The summed E-state index contributed by atoms with van der Waals surface area (Å²) < 4.78 is 30.2.